The van der Waals surface area contributed by atoms with E-state index in [4.69, 9.17) is 5.11 Å². The van der Waals surface area contributed by atoms with Crippen molar-refractivity contribution in [2.75, 3.05) is 0 Å². The molecule has 1 aromatic carbocycles. The Morgan fingerprint density at radius 2 is 1.83 bits per heavy atom. The summed E-state index contributed by atoms with van der Waals surface area (Å²) in [5.41, 5.74) is 2.50. The van der Waals surface area contributed by atoms with E-state index in [9.17, 15) is 18.4 Å². The fourth-order valence-electron chi connectivity index (χ4n) is 3.38. The highest BCUT2D eigenvalue weighted by atomic mass is 19.2. The zero-order valence-corrected chi connectivity index (χ0v) is 15.8. The molecule has 1 aliphatic heterocycles. The third-order valence-corrected chi connectivity index (χ3v) is 4.87. The van der Waals surface area contributed by atoms with E-state index in [1.807, 2.05) is 0 Å². The van der Waals surface area contributed by atoms with Gasteiger partial charge < -0.3 is 10.0 Å². The Bertz CT molecular complexity index is 1100. The number of halogens is 2. The molecule has 0 radical (unpaired) electrons. The summed E-state index contributed by atoms with van der Waals surface area (Å²) in [6.45, 7) is 0.538. The number of amides is 1. The Kier molecular flexibility index (Phi) is 5.21. The van der Waals surface area contributed by atoms with Crippen molar-refractivity contribution in [3.05, 3.63) is 76.4 Å². The van der Waals surface area contributed by atoms with Gasteiger partial charge in [0.25, 0.3) is 5.91 Å². The van der Waals surface area contributed by atoms with Gasteiger partial charge in [-0.2, -0.15) is 0 Å². The van der Waals surface area contributed by atoms with Gasteiger partial charge in [-0.15, -0.1) is 5.10 Å². The van der Waals surface area contributed by atoms with Gasteiger partial charge in [0.05, 0.1) is 29.9 Å². The molecule has 0 saturated carbocycles. The number of benzene rings is 1. The quantitative estimate of drug-likeness (QED) is 0.665. The van der Waals surface area contributed by atoms with Crippen LogP contribution in [0, 0.1) is 11.6 Å². The van der Waals surface area contributed by atoms with Gasteiger partial charge in [0, 0.05) is 31.9 Å². The monoisotopic (exact) mass is 413 g/mol. The number of fused-ring (bicyclic) bond motifs is 1. The molecule has 3 heterocycles. The molecule has 0 spiro atoms. The summed E-state index contributed by atoms with van der Waals surface area (Å²) in [6.07, 6.45) is 3.37. The van der Waals surface area contributed by atoms with Crippen LogP contribution in [0.15, 0.2) is 36.7 Å². The van der Waals surface area contributed by atoms with E-state index in [1.54, 1.807) is 24.5 Å². The molecule has 154 valence electrons. The van der Waals surface area contributed by atoms with Crippen molar-refractivity contribution < 1.29 is 23.5 Å². The van der Waals surface area contributed by atoms with E-state index in [2.05, 4.69) is 15.3 Å². The molecule has 0 unspecified atom stereocenters. The molecule has 3 aromatic rings. The van der Waals surface area contributed by atoms with E-state index in [-0.39, 0.29) is 38.4 Å². The van der Waals surface area contributed by atoms with Crippen molar-refractivity contribution in [2.45, 2.75) is 32.5 Å². The zero-order valence-electron chi connectivity index (χ0n) is 15.8. The van der Waals surface area contributed by atoms with Crippen molar-refractivity contribution in [2.24, 2.45) is 0 Å². The van der Waals surface area contributed by atoms with E-state index in [0.29, 0.717) is 28.1 Å². The largest absolute Gasteiger partial charge is 0.481 e. The number of carboxylic acid groups (broad SMARTS) is 1. The van der Waals surface area contributed by atoms with Crippen LogP contribution in [-0.2, 0) is 30.8 Å². The molecule has 4 rings (SSSR count). The van der Waals surface area contributed by atoms with Crippen LogP contribution in [0.1, 0.15) is 39.3 Å². The number of aromatic nitrogens is 4. The lowest BCUT2D eigenvalue weighted by atomic mass is 10.1. The highest BCUT2D eigenvalue weighted by Crippen LogP contribution is 2.27. The summed E-state index contributed by atoms with van der Waals surface area (Å²) in [5, 5.41) is 16.7. The number of hydrogen-bond acceptors (Lipinski definition) is 5. The van der Waals surface area contributed by atoms with Crippen LogP contribution < -0.4 is 0 Å². The Balaban J connectivity index is 1.51. The fraction of sp³-hybridized carbons (Fsp3) is 0.250. The minimum atomic E-state index is -0.935. The first-order chi connectivity index (χ1) is 14.4. The number of carbonyl (C=O) groups is 2. The third kappa shape index (κ3) is 4.02. The lowest BCUT2D eigenvalue weighted by Gasteiger charge is -2.17. The van der Waals surface area contributed by atoms with Gasteiger partial charge in [-0.25, -0.2) is 13.5 Å². The molecule has 10 heteroatoms. The molecular formula is C20H17F2N5O3. The number of rotatable bonds is 6. The second kappa shape index (κ2) is 7.97. The molecule has 2 aromatic heterocycles. The van der Waals surface area contributed by atoms with Crippen LogP contribution in [0.3, 0.4) is 0 Å². The lowest BCUT2D eigenvalue weighted by Crippen LogP contribution is -2.27. The van der Waals surface area contributed by atoms with Crippen LogP contribution in [0.25, 0.3) is 0 Å². The number of aliphatic carboxylic acids is 1. The maximum absolute atomic E-state index is 13.5. The molecule has 0 aliphatic carbocycles. The number of aryl methyl sites for hydroxylation is 1. The molecular weight excluding hydrogens is 396 g/mol. The van der Waals surface area contributed by atoms with Crippen molar-refractivity contribution in [1.29, 1.82) is 0 Å². The molecule has 1 amide bonds. The average Bonchev–Trinajstić information content (AvgIpc) is 3.33. The maximum atomic E-state index is 13.5. The third-order valence-electron chi connectivity index (χ3n) is 4.87. The van der Waals surface area contributed by atoms with E-state index >= 15 is 0 Å². The standard InChI is InChI=1S/C20H17F2N5O3/c21-16-6-12-8-26(9-13(12)7-17(16)22)20(30)15-2-1-5-23-18(15)11-27-10-14(24-25-27)3-4-19(28)29/h1-2,5-7,10H,3-4,8-9,11H2,(H,28,29). The Labute approximate surface area is 169 Å². The lowest BCUT2D eigenvalue weighted by molar-refractivity contribution is -0.136. The van der Waals surface area contributed by atoms with Gasteiger partial charge in [-0.3, -0.25) is 14.6 Å². The van der Waals surface area contributed by atoms with Crippen molar-refractivity contribution in [3.63, 3.8) is 0 Å². The molecule has 1 aliphatic rings. The highest BCUT2D eigenvalue weighted by molar-refractivity contribution is 5.95. The van der Waals surface area contributed by atoms with E-state index in [0.717, 1.165) is 12.1 Å². The van der Waals surface area contributed by atoms with Gasteiger partial charge in [0.1, 0.15) is 0 Å². The van der Waals surface area contributed by atoms with Crippen LogP contribution in [0.5, 0.6) is 0 Å². The Hall–Kier alpha value is -3.69. The minimum absolute atomic E-state index is 0.0529. The van der Waals surface area contributed by atoms with Crippen LogP contribution >= 0.6 is 0 Å². The topological polar surface area (TPSA) is 101 Å². The summed E-state index contributed by atoms with van der Waals surface area (Å²) in [6, 6.07) is 5.52. The number of pyridine rings is 1. The summed E-state index contributed by atoms with van der Waals surface area (Å²) in [7, 11) is 0. The average molecular weight is 413 g/mol. The second-order valence-corrected chi connectivity index (χ2v) is 7.00. The van der Waals surface area contributed by atoms with E-state index in [1.165, 1.54) is 9.58 Å². The first-order valence-corrected chi connectivity index (χ1v) is 9.21. The normalized spacial score (nSPS) is 12.8. The molecule has 30 heavy (non-hydrogen) atoms. The number of nitrogens with zero attached hydrogens (tertiary/aromatic N) is 5. The van der Waals surface area contributed by atoms with Crippen LogP contribution in [0.2, 0.25) is 0 Å². The van der Waals surface area contributed by atoms with Gasteiger partial charge in [-0.1, -0.05) is 5.21 Å². The summed E-state index contributed by atoms with van der Waals surface area (Å²) in [4.78, 5) is 29.5. The summed E-state index contributed by atoms with van der Waals surface area (Å²) in [5.74, 6) is -3.10. The molecule has 0 atom stereocenters. The zero-order chi connectivity index (χ0) is 21.3. The van der Waals surface area contributed by atoms with Crippen molar-refractivity contribution >= 4 is 11.9 Å². The first kappa shape index (κ1) is 19.6. The predicted octanol–water partition coefficient (Wildman–Crippen LogP) is 2.17. The molecule has 0 saturated heterocycles. The number of carbonyl (C=O) groups excluding carboxylic acids is 1. The smallest absolute Gasteiger partial charge is 0.303 e. The SMILES string of the molecule is O=C(O)CCc1cn(Cc2ncccc2C(=O)N2Cc3cc(F)c(F)cc3C2)nn1. The number of carboxylic acids is 1. The Morgan fingerprint density at radius 3 is 2.50 bits per heavy atom. The molecule has 0 bridgehead atoms. The minimum Gasteiger partial charge on any atom is -0.481 e. The molecule has 1 N–H and O–H groups in total. The fourth-order valence-corrected chi connectivity index (χ4v) is 3.38. The summed E-state index contributed by atoms with van der Waals surface area (Å²) >= 11 is 0. The van der Waals surface area contributed by atoms with Gasteiger partial charge in [0.2, 0.25) is 0 Å². The Morgan fingerprint density at radius 1 is 1.13 bits per heavy atom. The van der Waals surface area contributed by atoms with Crippen LogP contribution in [-0.4, -0.2) is 41.9 Å². The predicted molar refractivity (Wildman–Crippen MR) is 99.3 cm³/mol. The maximum Gasteiger partial charge on any atom is 0.303 e. The van der Waals surface area contributed by atoms with Gasteiger partial charge in [-0.05, 0) is 35.4 Å². The van der Waals surface area contributed by atoms with Crippen molar-refractivity contribution in [1.82, 2.24) is 24.9 Å². The first-order valence-electron chi connectivity index (χ1n) is 9.21. The summed E-state index contributed by atoms with van der Waals surface area (Å²) < 4.78 is 28.5. The van der Waals surface area contributed by atoms with Crippen molar-refractivity contribution in [3.8, 4) is 0 Å². The van der Waals surface area contributed by atoms with Crippen LogP contribution in [0.4, 0.5) is 8.78 Å². The molecule has 8 nitrogen and oxygen atoms in total. The number of hydrogen-bond donors (Lipinski definition) is 1. The van der Waals surface area contributed by atoms with Gasteiger partial charge >= 0.3 is 5.97 Å². The van der Waals surface area contributed by atoms with Gasteiger partial charge in [0.15, 0.2) is 11.6 Å². The van der Waals surface area contributed by atoms with E-state index < -0.39 is 17.6 Å². The second-order valence-electron chi connectivity index (χ2n) is 7.00. The molecule has 0 fully saturated rings. The highest BCUT2D eigenvalue weighted by Gasteiger charge is 2.27.